The predicted octanol–water partition coefficient (Wildman–Crippen LogP) is 1.77. The van der Waals surface area contributed by atoms with Gasteiger partial charge in [-0.15, -0.1) is 0 Å². The molecule has 0 atom stereocenters. The Morgan fingerprint density at radius 2 is 2.24 bits per heavy atom. The first-order valence-corrected chi connectivity index (χ1v) is 5.75. The molecule has 0 spiro atoms. The van der Waals surface area contributed by atoms with Gasteiger partial charge in [0.2, 0.25) is 0 Å². The van der Waals surface area contributed by atoms with Gasteiger partial charge in [-0.1, -0.05) is 23.8 Å². The van der Waals surface area contributed by atoms with Gasteiger partial charge < -0.3 is 11.1 Å². The molecule has 0 radical (unpaired) electrons. The highest BCUT2D eigenvalue weighted by molar-refractivity contribution is 5.74. The maximum atomic E-state index is 5.51. The zero-order chi connectivity index (χ0) is 12.3. The number of benzene rings is 1. The Hall–Kier alpha value is -1.81. The van der Waals surface area contributed by atoms with Gasteiger partial charge in [-0.25, -0.2) is 0 Å². The summed E-state index contributed by atoms with van der Waals surface area (Å²) in [6.07, 6.45) is 1.84. The summed E-state index contributed by atoms with van der Waals surface area (Å²) in [5.41, 5.74) is 10.1. The Balaban J connectivity index is 2.39. The summed E-state index contributed by atoms with van der Waals surface area (Å²) in [6.45, 7) is 3.46. The van der Waals surface area contributed by atoms with Gasteiger partial charge >= 0.3 is 0 Å². The molecule has 3 N–H and O–H groups in total. The number of hydrogen-bond acceptors (Lipinski definition) is 3. The molecule has 0 fully saturated rings. The topological polar surface area (TPSA) is 55.9 Å². The Kier molecular flexibility index (Phi) is 3.44. The van der Waals surface area contributed by atoms with E-state index in [1.54, 1.807) is 0 Å². The Morgan fingerprint density at radius 3 is 2.94 bits per heavy atom. The molecule has 1 aromatic carbocycles. The van der Waals surface area contributed by atoms with Crippen LogP contribution in [-0.4, -0.2) is 22.9 Å². The van der Waals surface area contributed by atoms with E-state index in [1.807, 2.05) is 17.9 Å². The third-order valence-electron chi connectivity index (χ3n) is 2.69. The second-order valence-corrected chi connectivity index (χ2v) is 4.12. The Labute approximate surface area is 101 Å². The van der Waals surface area contributed by atoms with Gasteiger partial charge in [0.05, 0.1) is 17.6 Å². The lowest BCUT2D eigenvalue weighted by Crippen LogP contribution is -2.13. The maximum absolute atomic E-state index is 5.51. The lowest BCUT2D eigenvalue weighted by atomic mass is 10.1. The second-order valence-electron chi connectivity index (χ2n) is 4.12. The van der Waals surface area contributed by atoms with Crippen LogP contribution in [0.2, 0.25) is 0 Å². The van der Waals surface area contributed by atoms with Crippen LogP contribution >= 0.6 is 0 Å². The van der Waals surface area contributed by atoms with Gasteiger partial charge in [0, 0.05) is 25.7 Å². The molecule has 0 saturated heterocycles. The van der Waals surface area contributed by atoms with Crippen molar-refractivity contribution in [2.24, 2.45) is 12.8 Å². The van der Waals surface area contributed by atoms with E-state index in [-0.39, 0.29) is 0 Å². The maximum Gasteiger partial charge on any atom is 0.0910 e. The van der Waals surface area contributed by atoms with Crippen molar-refractivity contribution in [1.29, 1.82) is 0 Å². The first kappa shape index (κ1) is 11.7. The molecule has 0 aliphatic rings. The SMILES string of the molecule is Cc1cccc(-c2c(NCCN)cnn2C)c1. The monoisotopic (exact) mass is 230 g/mol. The summed E-state index contributed by atoms with van der Waals surface area (Å²) < 4.78 is 1.88. The van der Waals surface area contributed by atoms with Crippen LogP contribution in [0.4, 0.5) is 5.69 Å². The highest BCUT2D eigenvalue weighted by atomic mass is 15.3. The van der Waals surface area contributed by atoms with E-state index in [0.717, 1.165) is 17.9 Å². The molecule has 17 heavy (non-hydrogen) atoms. The molecule has 0 unspecified atom stereocenters. The van der Waals surface area contributed by atoms with E-state index < -0.39 is 0 Å². The average Bonchev–Trinajstić information content (AvgIpc) is 2.68. The van der Waals surface area contributed by atoms with Crippen LogP contribution in [-0.2, 0) is 7.05 Å². The number of aromatic nitrogens is 2. The number of nitrogens with one attached hydrogen (secondary N) is 1. The van der Waals surface area contributed by atoms with Crippen molar-refractivity contribution in [2.75, 3.05) is 18.4 Å². The number of aryl methyl sites for hydroxylation is 2. The fourth-order valence-electron chi connectivity index (χ4n) is 1.91. The van der Waals surface area contributed by atoms with Crippen molar-refractivity contribution in [1.82, 2.24) is 9.78 Å². The first-order chi connectivity index (χ1) is 8.22. The van der Waals surface area contributed by atoms with Crippen molar-refractivity contribution in [3.8, 4) is 11.3 Å². The van der Waals surface area contributed by atoms with Gasteiger partial charge in [-0.05, 0) is 13.0 Å². The quantitative estimate of drug-likeness (QED) is 0.841. The summed E-state index contributed by atoms with van der Waals surface area (Å²) in [6, 6.07) is 8.40. The third kappa shape index (κ3) is 2.47. The molecule has 2 rings (SSSR count). The zero-order valence-corrected chi connectivity index (χ0v) is 10.3. The highest BCUT2D eigenvalue weighted by Crippen LogP contribution is 2.27. The standard InChI is InChI=1S/C13H18N4/c1-10-4-3-5-11(8-10)13-12(15-7-6-14)9-16-17(13)2/h3-5,8-9,15H,6-7,14H2,1-2H3. The molecule has 0 saturated carbocycles. The number of rotatable bonds is 4. The van der Waals surface area contributed by atoms with E-state index in [9.17, 15) is 0 Å². The summed E-state index contributed by atoms with van der Waals surface area (Å²) in [4.78, 5) is 0. The van der Waals surface area contributed by atoms with Gasteiger partial charge in [0.1, 0.15) is 0 Å². The van der Waals surface area contributed by atoms with Crippen LogP contribution < -0.4 is 11.1 Å². The van der Waals surface area contributed by atoms with E-state index >= 15 is 0 Å². The van der Waals surface area contributed by atoms with E-state index in [2.05, 4.69) is 41.6 Å². The fraction of sp³-hybridized carbons (Fsp3) is 0.308. The minimum absolute atomic E-state index is 0.613. The molecule has 0 bridgehead atoms. The molecule has 1 aromatic heterocycles. The number of nitrogens with zero attached hydrogens (tertiary/aromatic N) is 2. The molecule has 4 heteroatoms. The molecule has 0 amide bonds. The molecule has 0 aliphatic carbocycles. The summed E-state index contributed by atoms with van der Waals surface area (Å²) in [7, 11) is 1.95. The van der Waals surface area contributed by atoms with Gasteiger partial charge in [0.25, 0.3) is 0 Å². The predicted molar refractivity (Wildman–Crippen MR) is 70.9 cm³/mol. The zero-order valence-electron chi connectivity index (χ0n) is 10.3. The van der Waals surface area contributed by atoms with Gasteiger partial charge in [0.15, 0.2) is 0 Å². The molecule has 1 heterocycles. The fourth-order valence-corrected chi connectivity index (χ4v) is 1.91. The van der Waals surface area contributed by atoms with E-state index in [0.29, 0.717) is 6.54 Å². The molecule has 2 aromatic rings. The van der Waals surface area contributed by atoms with Crippen LogP contribution in [0.15, 0.2) is 30.5 Å². The van der Waals surface area contributed by atoms with Crippen LogP contribution in [0.5, 0.6) is 0 Å². The normalized spacial score (nSPS) is 10.5. The third-order valence-corrected chi connectivity index (χ3v) is 2.69. The Morgan fingerprint density at radius 1 is 1.41 bits per heavy atom. The van der Waals surface area contributed by atoms with Crippen LogP contribution in [0.3, 0.4) is 0 Å². The number of anilines is 1. The highest BCUT2D eigenvalue weighted by Gasteiger charge is 2.10. The van der Waals surface area contributed by atoms with Crippen molar-refractivity contribution >= 4 is 5.69 Å². The second kappa shape index (κ2) is 5.01. The smallest absolute Gasteiger partial charge is 0.0910 e. The first-order valence-electron chi connectivity index (χ1n) is 5.75. The lowest BCUT2D eigenvalue weighted by Gasteiger charge is -2.08. The molecular formula is C13H18N4. The largest absolute Gasteiger partial charge is 0.381 e. The lowest BCUT2D eigenvalue weighted by molar-refractivity contribution is 0.776. The van der Waals surface area contributed by atoms with E-state index in [4.69, 9.17) is 5.73 Å². The molecule has 4 nitrogen and oxygen atoms in total. The van der Waals surface area contributed by atoms with Crippen molar-refractivity contribution in [2.45, 2.75) is 6.92 Å². The van der Waals surface area contributed by atoms with Crippen LogP contribution in [0.1, 0.15) is 5.56 Å². The van der Waals surface area contributed by atoms with Crippen molar-refractivity contribution in [3.63, 3.8) is 0 Å². The molecule has 90 valence electrons. The van der Waals surface area contributed by atoms with Crippen molar-refractivity contribution in [3.05, 3.63) is 36.0 Å². The van der Waals surface area contributed by atoms with Crippen LogP contribution in [0, 0.1) is 6.92 Å². The Bertz CT molecular complexity index is 502. The van der Waals surface area contributed by atoms with E-state index in [1.165, 1.54) is 11.1 Å². The number of hydrogen-bond donors (Lipinski definition) is 2. The molecule has 0 aliphatic heterocycles. The average molecular weight is 230 g/mol. The molecular weight excluding hydrogens is 212 g/mol. The van der Waals surface area contributed by atoms with Gasteiger partial charge in [-0.2, -0.15) is 5.10 Å². The van der Waals surface area contributed by atoms with Crippen molar-refractivity contribution < 1.29 is 0 Å². The summed E-state index contributed by atoms with van der Waals surface area (Å²) in [5, 5.41) is 7.58. The van der Waals surface area contributed by atoms with Crippen LogP contribution in [0.25, 0.3) is 11.3 Å². The summed E-state index contributed by atoms with van der Waals surface area (Å²) in [5.74, 6) is 0. The minimum Gasteiger partial charge on any atom is -0.381 e. The number of nitrogens with two attached hydrogens (primary N) is 1. The van der Waals surface area contributed by atoms with Gasteiger partial charge in [-0.3, -0.25) is 4.68 Å². The summed E-state index contributed by atoms with van der Waals surface area (Å²) >= 11 is 0. The minimum atomic E-state index is 0.613.